The van der Waals surface area contributed by atoms with Crippen LogP contribution in [-0.4, -0.2) is 43.5 Å². The summed E-state index contributed by atoms with van der Waals surface area (Å²) in [4.78, 5) is 33.9. The van der Waals surface area contributed by atoms with E-state index in [0.717, 1.165) is 16.7 Å². The quantitative estimate of drug-likeness (QED) is 0.0505. The second-order valence-electron chi connectivity index (χ2n) is 11.9. The zero-order valence-electron chi connectivity index (χ0n) is 27.8. The molecule has 3 aromatic carbocycles. The molecule has 7 rings (SSSR count). The molecule has 1 saturated heterocycles. The molecule has 1 amide bonds. The third-order valence-electron chi connectivity index (χ3n) is 8.58. The summed E-state index contributed by atoms with van der Waals surface area (Å²) >= 11 is 2.70. The van der Waals surface area contributed by atoms with Crippen LogP contribution in [0.4, 0.5) is 5.13 Å². The van der Waals surface area contributed by atoms with Crippen LogP contribution in [0.2, 0.25) is 0 Å². The van der Waals surface area contributed by atoms with E-state index in [1.54, 1.807) is 18.2 Å². The molecule has 1 aliphatic heterocycles. The lowest BCUT2D eigenvalue weighted by Crippen LogP contribution is -2.29. The number of methoxy groups -OCH3 is 1. The second kappa shape index (κ2) is 13.8. The molecule has 0 bridgehead atoms. The Balaban J connectivity index is 1.30. The maximum absolute atomic E-state index is 14.0. The van der Waals surface area contributed by atoms with E-state index in [2.05, 4.69) is 34.5 Å². The predicted molar refractivity (Wildman–Crippen MR) is 194 cm³/mol. The number of aliphatic hydroxyl groups is 1. The molecule has 1 fully saturated rings. The van der Waals surface area contributed by atoms with Crippen LogP contribution in [0.1, 0.15) is 45.2 Å². The van der Waals surface area contributed by atoms with Crippen molar-refractivity contribution in [1.29, 1.82) is 0 Å². The Kier molecular flexibility index (Phi) is 9.13. The second-order valence-corrected chi connectivity index (χ2v) is 14.1. The van der Waals surface area contributed by atoms with Crippen molar-refractivity contribution in [2.75, 3.05) is 12.0 Å². The highest BCUT2D eigenvalue weighted by atomic mass is 32.2. The third-order valence-corrected chi connectivity index (χ3v) is 10.7. The summed E-state index contributed by atoms with van der Waals surface area (Å²) in [6, 6.07) is 25.9. The monoisotopic (exact) mass is 703 g/mol. The minimum atomic E-state index is -1.06. The van der Waals surface area contributed by atoms with Gasteiger partial charge >= 0.3 is 5.91 Å². The predicted octanol–water partition coefficient (Wildman–Crippen LogP) is 7.62. The van der Waals surface area contributed by atoms with E-state index < -0.39 is 17.7 Å². The van der Waals surface area contributed by atoms with Crippen molar-refractivity contribution in [2.24, 2.45) is 0 Å². The van der Waals surface area contributed by atoms with Crippen LogP contribution in [0.5, 0.6) is 11.5 Å². The molecule has 0 radical (unpaired) electrons. The number of amides is 1. The highest BCUT2D eigenvalue weighted by Crippen LogP contribution is 2.46. The van der Waals surface area contributed by atoms with E-state index in [0.29, 0.717) is 45.1 Å². The number of carbonyl (C=O) groups is 2. The van der Waals surface area contributed by atoms with Crippen LogP contribution in [0, 0.1) is 20.8 Å². The first-order valence-electron chi connectivity index (χ1n) is 15.9. The number of nitrogens with zero attached hydrogens (tertiary/aromatic N) is 5. The summed E-state index contributed by atoms with van der Waals surface area (Å²) < 4.78 is 14.3. The maximum atomic E-state index is 14.0. The van der Waals surface area contributed by atoms with Crippen LogP contribution >= 0.6 is 23.1 Å². The molecule has 0 spiro atoms. The van der Waals surface area contributed by atoms with E-state index in [-0.39, 0.29) is 22.2 Å². The number of hydrogen-bond donors (Lipinski definition) is 1. The number of imidazole rings is 1. The molecule has 1 unspecified atom stereocenters. The summed E-state index contributed by atoms with van der Waals surface area (Å²) in [5.74, 6) is -0.523. The van der Waals surface area contributed by atoms with Gasteiger partial charge in [-0.05, 0) is 61.2 Å². The molecule has 1 aliphatic rings. The van der Waals surface area contributed by atoms with Gasteiger partial charge in [0.25, 0.3) is 5.78 Å². The summed E-state index contributed by atoms with van der Waals surface area (Å²) in [5.41, 5.74) is 6.05. The van der Waals surface area contributed by atoms with Gasteiger partial charge in [-0.15, -0.1) is 10.2 Å². The number of ether oxygens (including phenoxy) is 2. The first-order chi connectivity index (χ1) is 24.2. The Morgan fingerprint density at radius 2 is 1.70 bits per heavy atom. The number of aryl methyl sites for hydroxylation is 3. The van der Waals surface area contributed by atoms with E-state index in [4.69, 9.17) is 14.5 Å². The van der Waals surface area contributed by atoms with E-state index >= 15 is 0 Å². The number of carbonyl (C=O) groups excluding carboxylic acids is 2. The van der Waals surface area contributed by atoms with Crippen molar-refractivity contribution in [3.63, 3.8) is 0 Å². The van der Waals surface area contributed by atoms with Crippen molar-refractivity contribution >= 4 is 51.3 Å². The Morgan fingerprint density at radius 3 is 2.44 bits per heavy atom. The number of ketones is 1. The molecule has 10 nitrogen and oxygen atoms in total. The smallest absolute Gasteiger partial charge is 0.301 e. The third kappa shape index (κ3) is 6.23. The number of benzene rings is 3. The van der Waals surface area contributed by atoms with Gasteiger partial charge in [0.2, 0.25) is 5.13 Å². The van der Waals surface area contributed by atoms with Gasteiger partial charge in [0.05, 0.1) is 24.4 Å². The fraction of sp³-hybridized carbons (Fsp3) is 0.184. The number of fused-ring (bicyclic) bond motifs is 1. The van der Waals surface area contributed by atoms with Crippen molar-refractivity contribution in [3.05, 3.63) is 136 Å². The van der Waals surface area contributed by atoms with Crippen molar-refractivity contribution in [1.82, 2.24) is 19.6 Å². The molecule has 50 heavy (non-hydrogen) atoms. The molecular weight excluding hydrogens is 671 g/mol. The van der Waals surface area contributed by atoms with E-state index in [1.165, 1.54) is 40.7 Å². The Hall–Kier alpha value is -5.46. The molecule has 1 atom stereocenters. The number of Topliss-reactive ketones (excluding diaryl/α,β-unsaturated/α-hetero) is 1. The number of aliphatic hydroxyl groups excluding tert-OH is 1. The lowest BCUT2D eigenvalue weighted by Gasteiger charge is -2.23. The highest BCUT2D eigenvalue weighted by molar-refractivity contribution is 8.00. The zero-order valence-corrected chi connectivity index (χ0v) is 29.4. The first kappa shape index (κ1) is 33.1. The first-order valence-corrected chi connectivity index (χ1v) is 17.7. The number of aromatic nitrogens is 4. The number of anilines is 1. The van der Waals surface area contributed by atoms with Crippen LogP contribution in [0.3, 0.4) is 0 Å². The van der Waals surface area contributed by atoms with Crippen LogP contribution in [0.15, 0.2) is 101 Å². The lowest BCUT2D eigenvalue weighted by molar-refractivity contribution is -0.132. The van der Waals surface area contributed by atoms with Gasteiger partial charge in [-0.3, -0.25) is 14.5 Å². The van der Waals surface area contributed by atoms with Crippen molar-refractivity contribution in [3.8, 4) is 11.5 Å². The van der Waals surface area contributed by atoms with Gasteiger partial charge in [-0.2, -0.15) is 0 Å². The average Bonchev–Trinajstić information content (AvgIpc) is 3.81. The normalized spacial score (nSPS) is 15.6. The fourth-order valence-corrected chi connectivity index (χ4v) is 7.74. The number of hydrogen-bond acceptors (Lipinski definition) is 10. The molecule has 12 heteroatoms. The number of pyridine rings is 1. The van der Waals surface area contributed by atoms with Crippen molar-refractivity contribution < 1.29 is 24.2 Å². The molecule has 0 saturated carbocycles. The molecule has 6 aromatic rings. The van der Waals surface area contributed by atoms with Gasteiger partial charge in [-0.1, -0.05) is 95.4 Å². The average molecular weight is 704 g/mol. The Morgan fingerprint density at radius 1 is 0.920 bits per heavy atom. The topological polar surface area (TPSA) is 119 Å². The molecule has 252 valence electrons. The fourth-order valence-electron chi connectivity index (χ4n) is 5.92. The maximum Gasteiger partial charge on any atom is 0.301 e. The largest absolute Gasteiger partial charge is 0.505 e. The van der Waals surface area contributed by atoms with Crippen LogP contribution < -0.4 is 14.4 Å². The highest BCUT2D eigenvalue weighted by Gasteiger charge is 2.49. The van der Waals surface area contributed by atoms with Gasteiger partial charge in [0, 0.05) is 11.9 Å². The molecular formula is C38H33N5O5S2. The SMILES string of the molecule is COc1cc(C2C(=C(O)c3nc4c(C)cccn4c3C)C(=O)C(=O)N2c2nnc(SCc3ccc(C)cc3)s2)ccc1OCc1ccccc1. The molecule has 0 aliphatic carbocycles. The Bertz CT molecular complexity index is 2260. The minimum absolute atomic E-state index is 0.108. The number of rotatable bonds is 10. The Labute approximate surface area is 297 Å². The van der Waals surface area contributed by atoms with E-state index in [9.17, 15) is 14.7 Å². The van der Waals surface area contributed by atoms with Gasteiger partial charge < -0.3 is 19.0 Å². The van der Waals surface area contributed by atoms with Gasteiger partial charge in [-0.25, -0.2) is 4.98 Å². The summed E-state index contributed by atoms with van der Waals surface area (Å²) in [6.45, 7) is 6.08. The summed E-state index contributed by atoms with van der Waals surface area (Å²) in [7, 11) is 1.52. The summed E-state index contributed by atoms with van der Waals surface area (Å²) in [5, 5.41) is 20.9. The van der Waals surface area contributed by atoms with E-state index in [1.807, 2.05) is 73.8 Å². The van der Waals surface area contributed by atoms with Crippen LogP contribution in [0.25, 0.3) is 11.4 Å². The van der Waals surface area contributed by atoms with Crippen molar-refractivity contribution in [2.45, 2.75) is 43.5 Å². The minimum Gasteiger partial charge on any atom is -0.505 e. The molecule has 3 aromatic heterocycles. The molecule has 1 N–H and O–H groups in total. The lowest BCUT2D eigenvalue weighted by atomic mass is 9.96. The summed E-state index contributed by atoms with van der Waals surface area (Å²) in [6.07, 6.45) is 1.84. The van der Waals surface area contributed by atoms with Gasteiger partial charge in [0.15, 0.2) is 21.6 Å². The van der Waals surface area contributed by atoms with Gasteiger partial charge in [0.1, 0.15) is 17.9 Å². The standard InChI is InChI=1S/C38H33N5O5S2/c1-22-12-14-26(15-13-22)21-49-38-41-40-37(50-38)43-32(27-16-17-28(29(19-27)47-4)48-20-25-10-6-5-7-11-25)30(34(45)36(43)46)33(44)31-24(3)42-18-8-9-23(2)35(42)39-31/h5-19,32,44H,20-21H2,1-4H3. The number of thioether (sulfide) groups is 1. The zero-order chi connectivity index (χ0) is 34.9. The van der Waals surface area contributed by atoms with Crippen LogP contribution in [-0.2, 0) is 21.9 Å². The molecule has 4 heterocycles.